The van der Waals surface area contributed by atoms with Crippen molar-refractivity contribution in [3.05, 3.63) is 65.7 Å². The molecule has 0 saturated carbocycles. The number of carbonyl (C=O) groups excluding carboxylic acids is 4. The Kier molecular flexibility index (Phi) is 16.0. The van der Waals surface area contributed by atoms with E-state index in [0.717, 1.165) is 5.56 Å². The minimum atomic E-state index is -1.37. The van der Waals surface area contributed by atoms with Crippen LogP contribution < -0.4 is 26.0 Å². The second-order valence-corrected chi connectivity index (χ2v) is 12.9. The maximum atomic E-state index is 13.6. The standard InChI is InChI=1S/C36H52N4O8/c1-8-23(6)33(35(45)40-32(22(4)5)36(46)47)39-30(43)20-27(41)26(18-24-14-10-9-11-15-24)37-34(44)31(21(2)3)38-29(42)19-25-16-12-13-17-28(25)48-7/h9-17,21-23,26-27,31-33,41H,8,18-20H2,1-7H3,(H,37,44)(H,38,42)(H,39,43)(H,40,45)(H,46,47)/t23-,26?,27?,31-,32-,33-/m0/s1. The number of nitrogens with one attached hydrogen (secondary N) is 4. The maximum Gasteiger partial charge on any atom is 0.326 e. The first kappa shape index (κ1) is 39.7. The predicted molar refractivity (Wildman–Crippen MR) is 182 cm³/mol. The summed E-state index contributed by atoms with van der Waals surface area (Å²) in [5.74, 6) is -3.84. The van der Waals surface area contributed by atoms with Gasteiger partial charge in [-0.15, -0.1) is 0 Å². The molecule has 0 bridgehead atoms. The monoisotopic (exact) mass is 668 g/mol. The Hall–Kier alpha value is -4.45. The molecule has 0 saturated heterocycles. The summed E-state index contributed by atoms with van der Waals surface area (Å²) in [5.41, 5.74) is 1.46. The van der Waals surface area contributed by atoms with E-state index >= 15 is 0 Å². The number of amides is 4. The molecule has 0 heterocycles. The third kappa shape index (κ3) is 12.3. The van der Waals surface area contributed by atoms with Crippen molar-refractivity contribution >= 4 is 29.6 Å². The molecule has 12 heteroatoms. The van der Waals surface area contributed by atoms with E-state index in [2.05, 4.69) is 21.3 Å². The molecule has 0 spiro atoms. The van der Waals surface area contributed by atoms with Crippen molar-refractivity contribution in [3.8, 4) is 5.75 Å². The molecular formula is C36H52N4O8. The lowest BCUT2D eigenvalue weighted by atomic mass is 9.95. The number of hydrogen-bond donors (Lipinski definition) is 6. The van der Waals surface area contributed by atoms with Gasteiger partial charge in [0.25, 0.3) is 0 Å². The van der Waals surface area contributed by atoms with Gasteiger partial charge < -0.3 is 36.2 Å². The van der Waals surface area contributed by atoms with Crippen LogP contribution in [0.15, 0.2) is 54.6 Å². The molecule has 0 aliphatic carbocycles. The minimum absolute atomic E-state index is 0.00788. The molecular weight excluding hydrogens is 616 g/mol. The van der Waals surface area contributed by atoms with Crippen LogP contribution in [0.3, 0.4) is 0 Å². The second-order valence-electron chi connectivity index (χ2n) is 12.9. The highest BCUT2D eigenvalue weighted by atomic mass is 16.5. The van der Waals surface area contributed by atoms with Gasteiger partial charge in [0, 0.05) is 5.56 Å². The van der Waals surface area contributed by atoms with E-state index in [1.807, 2.05) is 37.3 Å². The first-order valence-electron chi connectivity index (χ1n) is 16.4. The SMILES string of the molecule is CC[C@H](C)[C@H](NC(=O)CC(O)C(Cc1ccccc1)NC(=O)[C@@H](NC(=O)Cc1ccccc1OC)C(C)C)C(=O)N[C@H](C(=O)O)C(C)C. The first-order valence-corrected chi connectivity index (χ1v) is 16.4. The zero-order chi connectivity index (χ0) is 36.0. The molecule has 2 aromatic rings. The minimum Gasteiger partial charge on any atom is -0.496 e. The molecule has 0 aromatic heterocycles. The molecule has 0 fully saturated rings. The van der Waals surface area contributed by atoms with Crippen LogP contribution in [-0.4, -0.2) is 77.2 Å². The van der Waals surface area contributed by atoms with Crippen LogP contribution in [0.4, 0.5) is 0 Å². The van der Waals surface area contributed by atoms with Crippen LogP contribution in [0.1, 0.15) is 65.5 Å². The number of hydrogen-bond acceptors (Lipinski definition) is 7. The van der Waals surface area contributed by atoms with Crippen molar-refractivity contribution in [1.29, 1.82) is 0 Å². The number of methoxy groups -OCH3 is 1. The Balaban J connectivity index is 2.22. The highest BCUT2D eigenvalue weighted by Gasteiger charge is 2.34. The van der Waals surface area contributed by atoms with Gasteiger partial charge in [0.1, 0.15) is 23.9 Å². The fraction of sp³-hybridized carbons (Fsp3) is 0.528. The van der Waals surface area contributed by atoms with Crippen LogP contribution >= 0.6 is 0 Å². The van der Waals surface area contributed by atoms with Crippen LogP contribution in [0.2, 0.25) is 0 Å². The average Bonchev–Trinajstić information content (AvgIpc) is 3.04. The van der Waals surface area contributed by atoms with Gasteiger partial charge in [0.05, 0.1) is 32.1 Å². The molecule has 2 unspecified atom stereocenters. The molecule has 0 aliphatic rings. The molecule has 12 nitrogen and oxygen atoms in total. The van der Waals surface area contributed by atoms with Crippen LogP contribution in [0.5, 0.6) is 5.75 Å². The van der Waals surface area contributed by atoms with Crippen molar-refractivity contribution in [2.45, 2.75) is 97.5 Å². The summed E-state index contributed by atoms with van der Waals surface area (Å²) in [5, 5.41) is 31.7. The van der Waals surface area contributed by atoms with Crippen molar-refractivity contribution < 1.29 is 38.9 Å². The Morgan fingerprint density at radius 2 is 1.29 bits per heavy atom. The van der Waals surface area contributed by atoms with Crippen LogP contribution in [-0.2, 0) is 36.8 Å². The van der Waals surface area contributed by atoms with Crippen LogP contribution in [0.25, 0.3) is 0 Å². The number of carboxylic acids is 1. The van der Waals surface area contributed by atoms with Crippen molar-refractivity contribution in [2.75, 3.05) is 7.11 Å². The molecule has 2 aromatic carbocycles. The predicted octanol–water partition coefficient (Wildman–Crippen LogP) is 2.61. The molecule has 4 amide bonds. The average molecular weight is 669 g/mol. The largest absolute Gasteiger partial charge is 0.496 e. The number of aliphatic hydroxyl groups is 1. The number of aliphatic carboxylic acids is 1. The summed E-state index contributed by atoms with van der Waals surface area (Å²) in [6.45, 7) is 10.5. The van der Waals surface area contributed by atoms with E-state index in [4.69, 9.17) is 4.74 Å². The number of carboxylic acid groups (broad SMARTS) is 1. The van der Waals surface area contributed by atoms with Gasteiger partial charge in [-0.2, -0.15) is 0 Å². The highest BCUT2D eigenvalue weighted by Crippen LogP contribution is 2.18. The van der Waals surface area contributed by atoms with Gasteiger partial charge in [-0.3, -0.25) is 19.2 Å². The molecule has 6 N–H and O–H groups in total. The number of carbonyl (C=O) groups is 5. The second kappa shape index (κ2) is 19.4. The van der Waals surface area contributed by atoms with Gasteiger partial charge >= 0.3 is 5.97 Å². The van der Waals surface area contributed by atoms with Gasteiger partial charge in [0.15, 0.2) is 0 Å². The summed E-state index contributed by atoms with van der Waals surface area (Å²) in [7, 11) is 1.51. The van der Waals surface area contributed by atoms with E-state index < -0.39 is 60.4 Å². The van der Waals surface area contributed by atoms with Gasteiger partial charge in [0.2, 0.25) is 23.6 Å². The number of ether oxygens (including phenoxy) is 1. The summed E-state index contributed by atoms with van der Waals surface area (Å²) in [6.07, 6.45) is -1.12. The number of para-hydroxylation sites is 1. The van der Waals surface area contributed by atoms with E-state index in [0.29, 0.717) is 17.7 Å². The number of benzene rings is 2. The summed E-state index contributed by atoms with van der Waals surface area (Å²) in [6, 6.07) is 12.2. The Morgan fingerprint density at radius 3 is 1.85 bits per heavy atom. The van der Waals surface area contributed by atoms with Crippen LogP contribution in [0, 0.1) is 17.8 Å². The molecule has 2 rings (SSSR count). The summed E-state index contributed by atoms with van der Waals surface area (Å²) in [4.78, 5) is 64.7. The first-order chi connectivity index (χ1) is 22.7. The smallest absolute Gasteiger partial charge is 0.326 e. The van der Waals surface area contributed by atoms with E-state index in [-0.39, 0.29) is 36.5 Å². The fourth-order valence-corrected chi connectivity index (χ4v) is 5.23. The lowest BCUT2D eigenvalue weighted by molar-refractivity contribution is -0.143. The fourth-order valence-electron chi connectivity index (χ4n) is 5.23. The van der Waals surface area contributed by atoms with Gasteiger partial charge in [-0.05, 0) is 35.8 Å². The number of rotatable bonds is 19. The Labute approximate surface area is 283 Å². The van der Waals surface area contributed by atoms with Gasteiger partial charge in [-0.25, -0.2) is 4.79 Å². The topological polar surface area (TPSA) is 183 Å². The Bertz CT molecular complexity index is 1370. The zero-order valence-corrected chi connectivity index (χ0v) is 29.0. The quantitative estimate of drug-likeness (QED) is 0.132. The molecule has 6 atom stereocenters. The lowest BCUT2D eigenvalue weighted by Gasteiger charge is -2.30. The van der Waals surface area contributed by atoms with Gasteiger partial charge in [-0.1, -0.05) is 96.5 Å². The summed E-state index contributed by atoms with van der Waals surface area (Å²) < 4.78 is 5.34. The van der Waals surface area contributed by atoms with E-state index in [1.165, 1.54) is 7.11 Å². The number of aliphatic hydroxyl groups excluding tert-OH is 1. The molecule has 264 valence electrons. The molecule has 48 heavy (non-hydrogen) atoms. The summed E-state index contributed by atoms with van der Waals surface area (Å²) >= 11 is 0. The van der Waals surface area contributed by atoms with Crippen molar-refractivity contribution in [3.63, 3.8) is 0 Å². The maximum absolute atomic E-state index is 13.6. The van der Waals surface area contributed by atoms with Crippen molar-refractivity contribution in [2.24, 2.45) is 17.8 Å². The molecule has 0 radical (unpaired) electrons. The third-order valence-corrected chi connectivity index (χ3v) is 8.34. The van der Waals surface area contributed by atoms with E-state index in [9.17, 15) is 34.2 Å². The normalized spacial score (nSPS) is 15.0. The zero-order valence-electron chi connectivity index (χ0n) is 29.0. The van der Waals surface area contributed by atoms with E-state index in [1.54, 1.807) is 58.9 Å². The molecule has 0 aliphatic heterocycles. The Morgan fingerprint density at radius 1 is 0.729 bits per heavy atom. The third-order valence-electron chi connectivity index (χ3n) is 8.34. The lowest BCUT2D eigenvalue weighted by Crippen LogP contribution is -2.57. The van der Waals surface area contributed by atoms with Crippen molar-refractivity contribution in [1.82, 2.24) is 21.3 Å². The highest BCUT2D eigenvalue weighted by molar-refractivity contribution is 5.91.